The van der Waals surface area contributed by atoms with E-state index in [1.54, 1.807) is 7.05 Å². The van der Waals surface area contributed by atoms with Crippen molar-refractivity contribution >= 4 is 29.9 Å². The molecule has 0 fully saturated rings. The van der Waals surface area contributed by atoms with Gasteiger partial charge in [0.2, 0.25) is 0 Å². The van der Waals surface area contributed by atoms with Crippen LogP contribution in [0.4, 0.5) is 13.2 Å². The van der Waals surface area contributed by atoms with Gasteiger partial charge in [0.1, 0.15) is 0 Å². The predicted octanol–water partition coefficient (Wildman–Crippen LogP) is 4.01. The van der Waals surface area contributed by atoms with Gasteiger partial charge in [-0.2, -0.15) is 13.2 Å². The maximum Gasteiger partial charge on any atom is 0.389 e. The number of aliphatic imine (C=N–C) groups is 1. The average Bonchev–Trinajstić information content (AvgIpc) is 2.42. The van der Waals surface area contributed by atoms with E-state index in [0.29, 0.717) is 25.5 Å². The van der Waals surface area contributed by atoms with Crippen LogP contribution in [0.25, 0.3) is 0 Å². The monoisotopic (exact) mass is 429 g/mol. The van der Waals surface area contributed by atoms with E-state index in [-0.39, 0.29) is 30.4 Å². The molecule has 0 atom stereocenters. The molecule has 2 N–H and O–H groups in total. The fraction of sp³-hybridized carbons (Fsp3) is 0.533. The zero-order valence-corrected chi connectivity index (χ0v) is 15.2. The zero-order chi connectivity index (χ0) is 15.7. The molecule has 0 saturated carbocycles. The standard InChI is InChI=1S/C15H22F3N3.HI/c1-12-7-3-4-8-13(12)11-21-14(19-2)20-10-6-5-9-15(16,17)18;/h3-4,7-8H,5-6,9-11H2,1-2H3,(H2,19,20,21);1H. The summed E-state index contributed by atoms with van der Waals surface area (Å²) in [6.45, 7) is 3.14. The second kappa shape index (κ2) is 10.7. The average molecular weight is 429 g/mol. The molecule has 3 nitrogen and oxygen atoms in total. The van der Waals surface area contributed by atoms with Crippen LogP contribution in [0.15, 0.2) is 29.3 Å². The summed E-state index contributed by atoms with van der Waals surface area (Å²) in [4.78, 5) is 4.05. The van der Waals surface area contributed by atoms with Crippen LogP contribution < -0.4 is 10.6 Å². The van der Waals surface area contributed by atoms with E-state index in [0.717, 1.165) is 5.56 Å². The Bertz CT molecular complexity index is 462. The highest BCUT2D eigenvalue weighted by molar-refractivity contribution is 14.0. The molecule has 0 aliphatic heterocycles. The number of hydrogen-bond acceptors (Lipinski definition) is 1. The van der Waals surface area contributed by atoms with Gasteiger partial charge in [-0.1, -0.05) is 24.3 Å². The van der Waals surface area contributed by atoms with Crippen molar-refractivity contribution in [3.05, 3.63) is 35.4 Å². The van der Waals surface area contributed by atoms with Gasteiger partial charge in [-0.05, 0) is 30.9 Å². The van der Waals surface area contributed by atoms with Crippen LogP contribution in [-0.4, -0.2) is 25.7 Å². The smallest absolute Gasteiger partial charge is 0.356 e. The molecule has 1 aromatic carbocycles. The molecule has 0 bridgehead atoms. The number of benzene rings is 1. The van der Waals surface area contributed by atoms with Gasteiger partial charge in [-0.25, -0.2) is 0 Å². The van der Waals surface area contributed by atoms with Crippen molar-refractivity contribution in [3.8, 4) is 0 Å². The molecule has 7 heteroatoms. The molecule has 1 aromatic rings. The van der Waals surface area contributed by atoms with E-state index in [2.05, 4.69) is 15.6 Å². The number of guanidine groups is 1. The fourth-order valence-electron chi connectivity index (χ4n) is 1.87. The Kier molecular flexibility index (Phi) is 10.2. The highest BCUT2D eigenvalue weighted by atomic mass is 127. The van der Waals surface area contributed by atoms with Crippen LogP contribution in [0.1, 0.15) is 30.4 Å². The third kappa shape index (κ3) is 9.11. The lowest BCUT2D eigenvalue weighted by molar-refractivity contribution is -0.135. The first kappa shape index (κ1) is 21.0. The van der Waals surface area contributed by atoms with Crippen molar-refractivity contribution in [2.75, 3.05) is 13.6 Å². The lowest BCUT2D eigenvalue weighted by Gasteiger charge is -2.13. The molecule has 0 aliphatic carbocycles. The number of aryl methyl sites for hydroxylation is 1. The zero-order valence-electron chi connectivity index (χ0n) is 12.8. The minimum Gasteiger partial charge on any atom is -0.356 e. The van der Waals surface area contributed by atoms with Crippen LogP contribution >= 0.6 is 24.0 Å². The number of rotatable bonds is 6. The molecule has 1 rings (SSSR count). The van der Waals surface area contributed by atoms with Gasteiger partial charge < -0.3 is 10.6 Å². The van der Waals surface area contributed by atoms with Crippen molar-refractivity contribution in [3.63, 3.8) is 0 Å². The van der Waals surface area contributed by atoms with E-state index in [9.17, 15) is 13.2 Å². The Morgan fingerprint density at radius 3 is 2.41 bits per heavy atom. The number of hydrogen-bond donors (Lipinski definition) is 2. The van der Waals surface area contributed by atoms with E-state index < -0.39 is 12.6 Å². The lowest BCUT2D eigenvalue weighted by atomic mass is 10.1. The van der Waals surface area contributed by atoms with Crippen molar-refractivity contribution < 1.29 is 13.2 Å². The van der Waals surface area contributed by atoms with Crippen molar-refractivity contribution in [2.24, 2.45) is 4.99 Å². The predicted molar refractivity (Wildman–Crippen MR) is 94.7 cm³/mol. The Balaban J connectivity index is 0.00000441. The van der Waals surface area contributed by atoms with E-state index in [1.807, 2.05) is 31.2 Å². The quantitative estimate of drug-likeness (QED) is 0.310. The number of nitrogens with one attached hydrogen (secondary N) is 2. The maximum absolute atomic E-state index is 12.0. The largest absolute Gasteiger partial charge is 0.389 e. The molecule has 0 radical (unpaired) electrons. The minimum atomic E-state index is -4.06. The van der Waals surface area contributed by atoms with Crippen molar-refractivity contribution in [2.45, 2.75) is 38.9 Å². The van der Waals surface area contributed by atoms with Crippen LogP contribution in [0.3, 0.4) is 0 Å². The third-order valence-electron chi connectivity index (χ3n) is 3.11. The van der Waals surface area contributed by atoms with Gasteiger partial charge in [-0.15, -0.1) is 24.0 Å². The van der Waals surface area contributed by atoms with Gasteiger partial charge in [0, 0.05) is 26.6 Å². The Labute approximate surface area is 146 Å². The van der Waals surface area contributed by atoms with Crippen LogP contribution in [-0.2, 0) is 6.54 Å². The number of halogens is 4. The molecule has 0 amide bonds. The molecule has 0 aliphatic rings. The molecule has 0 aromatic heterocycles. The van der Waals surface area contributed by atoms with E-state index in [1.165, 1.54) is 5.56 Å². The first-order chi connectivity index (χ1) is 9.92. The van der Waals surface area contributed by atoms with Crippen molar-refractivity contribution in [1.82, 2.24) is 10.6 Å². The summed E-state index contributed by atoms with van der Waals surface area (Å²) in [7, 11) is 1.64. The second-order valence-corrected chi connectivity index (χ2v) is 4.85. The number of unbranched alkanes of at least 4 members (excludes halogenated alkanes) is 1. The molecular weight excluding hydrogens is 406 g/mol. The maximum atomic E-state index is 12.0. The van der Waals surface area contributed by atoms with Gasteiger partial charge in [0.05, 0.1) is 0 Å². The van der Waals surface area contributed by atoms with Gasteiger partial charge >= 0.3 is 6.18 Å². The summed E-state index contributed by atoms with van der Waals surface area (Å²) in [6, 6.07) is 8.01. The molecule has 0 heterocycles. The summed E-state index contributed by atoms with van der Waals surface area (Å²) < 4.78 is 36.0. The molecule has 0 unspecified atom stereocenters. The molecule has 0 spiro atoms. The Hall–Kier alpha value is -0.990. The lowest BCUT2D eigenvalue weighted by Crippen LogP contribution is -2.37. The van der Waals surface area contributed by atoms with Crippen LogP contribution in [0.5, 0.6) is 0 Å². The summed E-state index contributed by atoms with van der Waals surface area (Å²) >= 11 is 0. The third-order valence-corrected chi connectivity index (χ3v) is 3.11. The molecule has 0 saturated heterocycles. The SMILES string of the molecule is CN=C(NCCCCC(F)(F)F)NCc1ccccc1C.I. The molecule has 126 valence electrons. The fourth-order valence-corrected chi connectivity index (χ4v) is 1.87. The number of nitrogens with zero attached hydrogens (tertiary/aromatic N) is 1. The summed E-state index contributed by atoms with van der Waals surface area (Å²) in [5.41, 5.74) is 2.35. The van der Waals surface area contributed by atoms with Crippen molar-refractivity contribution in [1.29, 1.82) is 0 Å². The number of alkyl halides is 3. The Morgan fingerprint density at radius 1 is 1.14 bits per heavy atom. The van der Waals surface area contributed by atoms with Gasteiger partial charge in [-0.3, -0.25) is 4.99 Å². The van der Waals surface area contributed by atoms with Gasteiger partial charge in [0.15, 0.2) is 5.96 Å². The van der Waals surface area contributed by atoms with Crippen LogP contribution in [0.2, 0.25) is 0 Å². The van der Waals surface area contributed by atoms with E-state index in [4.69, 9.17) is 0 Å². The minimum absolute atomic E-state index is 0. The molecular formula is C15H23F3IN3. The summed E-state index contributed by atoms with van der Waals surface area (Å²) in [5, 5.41) is 6.17. The normalized spacial score (nSPS) is 11.8. The highest BCUT2D eigenvalue weighted by Crippen LogP contribution is 2.21. The first-order valence-electron chi connectivity index (χ1n) is 6.98. The van der Waals surface area contributed by atoms with Gasteiger partial charge in [0.25, 0.3) is 0 Å². The van der Waals surface area contributed by atoms with E-state index >= 15 is 0 Å². The van der Waals surface area contributed by atoms with Crippen LogP contribution in [0, 0.1) is 6.92 Å². The first-order valence-corrected chi connectivity index (χ1v) is 6.98. The topological polar surface area (TPSA) is 36.4 Å². The summed E-state index contributed by atoms with van der Waals surface area (Å²) in [5.74, 6) is 0.602. The Morgan fingerprint density at radius 2 is 1.82 bits per heavy atom. The molecule has 22 heavy (non-hydrogen) atoms. The summed E-state index contributed by atoms with van der Waals surface area (Å²) in [6.07, 6.45) is -4.20. The second-order valence-electron chi connectivity index (χ2n) is 4.85. The highest BCUT2D eigenvalue weighted by Gasteiger charge is 2.25.